The van der Waals surface area contributed by atoms with Crippen molar-refractivity contribution in [2.75, 3.05) is 11.9 Å². The van der Waals surface area contributed by atoms with Crippen molar-refractivity contribution in [1.29, 1.82) is 0 Å². The average Bonchev–Trinajstić information content (AvgIpc) is 2.51. The van der Waals surface area contributed by atoms with Crippen molar-refractivity contribution in [3.8, 4) is 0 Å². The summed E-state index contributed by atoms with van der Waals surface area (Å²) in [6, 6.07) is 18.2. The highest BCUT2D eigenvalue weighted by atomic mass is 16.1. The van der Waals surface area contributed by atoms with E-state index >= 15 is 0 Å². The van der Waals surface area contributed by atoms with Gasteiger partial charge in [0.1, 0.15) is 0 Å². The Morgan fingerprint density at radius 3 is 2.43 bits per heavy atom. The molecule has 0 spiro atoms. The van der Waals surface area contributed by atoms with Gasteiger partial charge in [-0.3, -0.25) is 4.79 Å². The number of carbonyl (C=O) groups is 1. The molecule has 2 aromatic rings. The maximum Gasteiger partial charge on any atom is 0.224 e. The number of amides is 1. The van der Waals surface area contributed by atoms with Gasteiger partial charge in [-0.05, 0) is 43.0 Å². The van der Waals surface area contributed by atoms with Crippen LogP contribution in [0.15, 0.2) is 54.6 Å². The molecular formula is C18H22N2O. The van der Waals surface area contributed by atoms with Crippen molar-refractivity contribution in [1.82, 2.24) is 0 Å². The lowest BCUT2D eigenvalue weighted by Crippen LogP contribution is -2.13. The number of para-hydroxylation sites is 1. The minimum atomic E-state index is 0.0592. The number of nitrogens with one attached hydrogen (secondary N) is 1. The predicted octanol–water partition coefficient (Wildman–Crippen LogP) is 3.34. The van der Waals surface area contributed by atoms with Crippen LogP contribution in [0.1, 0.15) is 30.4 Å². The SMILES string of the molecule is NCCCCC(=O)Nc1ccccc1Cc1ccccc1. The highest BCUT2D eigenvalue weighted by Crippen LogP contribution is 2.19. The summed E-state index contributed by atoms with van der Waals surface area (Å²) in [5, 5.41) is 3.01. The fraction of sp³-hybridized carbons (Fsp3) is 0.278. The zero-order valence-corrected chi connectivity index (χ0v) is 12.2. The maximum absolute atomic E-state index is 11.9. The van der Waals surface area contributed by atoms with E-state index in [2.05, 4.69) is 23.5 Å². The monoisotopic (exact) mass is 282 g/mol. The quantitative estimate of drug-likeness (QED) is 0.765. The van der Waals surface area contributed by atoms with Gasteiger partial charge in [-0.2, -0.15) is 0 Å². The lowest BCUT2D eigenvalue weighted by Gasteiger charge is -2.11. The summed E-state index contributed by atoms with van der Waals surface area (Å²) >= 11 is 0. The first kappa shape index (κ1) is 15.3. The number of hydrogen-bond acceptors (Lipinski definition) is 2. The Bertz CT molecular complexity index is 566. The Morgan fingerprint density at radius 2 is 1.67 bits per heavy atom. The zero-order chi connectivity index (χ0) is 14.9. The number of anilines is 1. The van der Waals surface area contributed by atoms with E-state index in [0.29, 0.717) is 13.0 Å². The van der Waals surface area contributed by atoms with E-state index in [1.54, 1.807) is 0 Å². The van der Waals surface area contributed by atoms with E-state index in [9.17, 15) is 4.79 Å². The fourth-order valence-electron chi connectivity index (χ4n) is 2.25. The summed E-state index contributed by atoms with van der Waals surface area (Å²) in [5.41, 5.74) is 8.72. The first-order chi connectivity index (χ1) is 10.3. The van der Waals surface area contributed by atoms with Crippen LogP contribution < -0.4 is 11.1 Å². The molecule has 0 aliphatic heterocycles. The third-order valence-electron chi connectivity index (χ3n) is 3.39. The largest absolute Gasteiger partial charge is 0.330 e. The topological polar surface area (TPSA) is 55.1 Å². The molecule has 110 valence electrons. The van der Waals surface area contributed by atoms with Gasteiger partial charge in [0.2, 0.25) is 5.91 Å². The molecule has 0 aliphatic carbocycles. The lowest BCUT2D eigenvalue weighted by molar-refractivity contribution is -0.116. The molecule has 0 aliphatic rings. The van der Waals surface area contributed by atoms with Gasteiger partial charge < -0.3 is 11.1 Å². The maximum atomic E-state index is 11.9. The molecule has 1 amide bonds. The van der Waals surface area contributed by atoms with Crippen LogP contribution in [-0.4, -0.2) is 12.5 Å². The average molecular weight is 282 g/mol. The van der Waals surface area contributed by atoms with Crippen LogP contribution in [0.5, 0.6) is 0 Å². The molecule has 0 radical (unpaired) electrons. The first-order valence-corrected chi connectivity index (χ1v) is 7.41. The third kappa shape index (κ3) is 5.04. The Morgan fingerprint density at radius 1 is 0.952 bits per heavy atom. The van der Waals surface area contributed by atoms with Crippen LogP contribution in [0.2, 0.25) is 0 Å². The number of hydrogen-bond donors (Lipinski definition) is 2. The van der Waals surface area contributed by atoms with Crippen molar-refractivity contribution in [3.63, 3.8) is 0 Å². The van der Waals surface area contributed by atoms with Crippen LogP contribution in [0, 0.1) is 0 Å². The van der Waals surface area contributed by atoms with Crippen LogP contribution in [0.25, 0.3) is 0 Å². The number of unbranched alkanes of at least 4 members (excludes halogenated alkanes) is 1. The van der Waals surface area contributed by atoms with E-state index in [4.69, 9.17) is 5.73 Å². The molecule has 0 unspecified atom stereocenters. The van der Waals surface area contributed by atoms with Gasteiger partial charge in [0.05, 0.1) is 0 Å². The standard InChI is InChI=1S/C18H22N2O/c19-13-7-6-12-18(21)20-17-11-5-4-10-16(17)14-15-8-2-1-3-9-15/h1-5,8-11H,6-7,12-14,19H2,(H,20,21). The molecular weight excluding hydrogens is 260 g/mol. The summed E-state index contributed by atoms with van der Waals surface area (Å²) in [7, 11) is 0. The second-order valence-corrected chi connectivity index (χ2v) is 5.11. The number of benzene rings is 2. The van der Waals surface area contributed by atoms with Crippen LogP contribution in [0.3, 0.4) is 0 Å². The Balaban J connectivity index is 2.01. The van der Waals surface area contributed by atoms with Gasteiger partial charge in [-0.1, -0.05) is 48.5 Å². The molecule has 2 aromatic carbocycles. The van der Waals surface area contributed by atoms with Gasteiger partial charge in [0.15, 0.2) is 0 Å². The molecule has 0 saturated heterocycles. The fourth-order valence-corrected chi connectivity index (χ4v) is 2.25. The zero-order valence-electron chi connectivity index (χ0n) is 12.2. The first-order valence-electron chi connectivity index (χ1n) is 7.41. The molecule has 0 fully saturated rings. The number of carbonyl (C=O) groups excluding carboxylic acids is 1. The lowest BCUT2D eigenvalue weighted by atomic mass is 10.0. The van der Waals surface area contributed by atoms with E-state index in [0.717, 1.165) is 30.5 Å². The minimum absolute atomic E-state index is 0.0592. The van der Waals surface area contributed by atoms with Crippen molar-refractivity contribution in [2.45, 2.75) is 25.7 Å². The van der Waals surface area contributed by atoms with Crippen LogP contribution >= 0.6 is 0 Å². The normalized spacial score (nSPS) is 10.3. The Hall–Kier alpha value is -2.13. The molecule has 3 N–H and O–H groups in total. The van der Waals surface area contributed by atoms with Crippen molar-refractivity contribution in [3.05, 3.63) is 65.7 Å². The van der Waals surface area contributed by atoms with Crippen LogP contribution in [-0.2, 0) is 11.2 Å². The van der Waals surface area contributed by atoms with E-state index in [1.807, 2.05) is 36.4 Å². The Kier molecular flexibility index (Phi) is 5.98. The van der Waals surface area contributed by atoms with E-state index < -0.39 is 0 Å². The molecule has 0 atom stereocenters. The predicted molar refractivity (Wildman–Crippen MR) is 87.2 cm³/mol. The second-order valence-electron chi connectivity index (χ2n) is 5.11. The number of nitrogens with two attached hydrogens (primary N) is 1. The molecule has 0 aromatic heterocycles. The molecule has 2 rings (SSSR count). The molecule has 0 heterocycles. The van der Waals surface area contributed by atoms with Gasteiger partial charge in [-0.25, -0.2) is 0 Å². The van der Waals surface area contributed by atoms with Gasteiger partial charge in [-0.15, -0.1) is 0 Å². The van der Waals surface area contributed by atoms with Crippen molar-refractivity contribution >= 4 is 11.6 Å². The van der Waals surface area contributed by atoms with Crippen molar-refractivity contribution in [2.24, 2.45) is 5.73 Å². The Labute approximate surface area is 126 Å². The molecule has 21 heavy (non-hydrogen) atoms. The summed E-state index contributed by atoms with van der Waals surface area (Å²) in [6.45, 7) is 0.637. The summed E-state index contributed by atoms with van der Waals surface area (Å²) in [6.07, 6.45) is 3.07. The van der Waals surface area contributed by atoms with E-state index in [1.165, 1.54) is 5.56 Å². The van der Waals surface area contributed by atoms with Gasteiger partial charge >= 0.3 is 0 Å². The number of rotatable bonds is 7. The summed E-state index contributed by atoms with van der Waals surface area (Å²) < 4.78 is 0. The van der Waals surface area contributed by atoms with E-state index in [-0.39, 0.29) is 5.91 Å². The van der Waals surface area contributed by atoms with Gasteiger partial charge in [0.25, 0.3) is 0 Å². The highest BCUT2D eigenvalue weighted by Gasteiger charge is 2.07. The molecule has 0 bridgehead atoms. The second kappa shape index (κ2) is 8.22. The smallest absolute Gasteiger partial charge is 0.224 e. The molecule has 3 heteroatoms. The highest BCUT2D eigenvalue weighted by molar-refractivity contribution is 5.91. The molecule has 0 saturated carbocycles. The third-order valence-corrected chi connectivity index (χ3v) is 3.39. The van der Waals surface area contributed by atoms with Crippen molar-refractivity contribution < 1.29 is 4.79 Å². The van der Waals surface area contributed by atoms with Gasteiger partial charge in [0, 0.05) is 12.1 Å². The minimum Gasteiger partial charge on any atom is -0.330 e. The molecule has 3 nitrogen and oxygen atoms in total. The summed E-state index contributed by atoms with van der Waals surface area (Å²) in [5.74, 6) is 0.0592. The van der Waals surface area contributed by atoms with Crippen LogP contribution in [0.4, 0.5) is 5.69 Å². The summed E-state index contributed by atoms with van der Waals surface area (Å²) in [4.78, 5) is 11.9.